The predicted octanol–water partition coefficient (Wildman–Crippen LogP) is 3.11. The van der Waals surface area contributed by atoms with Crippen molar-refractivity contribution in [2.45, 2.75) is 6.18 Å². The monoisotopic (exact) mass is 222 g/mol. The lowest BCUT2D eigenvalue weighted by molar-refractivity contribution is -0.137. The third-order valence-corrected chi connectivity index (χ3v) is 1.84. The summed E-state index contributed by atoms with van der Waals surface area (Å²) in [6.07, 6.45) is -2.08. The van der Waals surface area contributed by atoms with Crippen LogP contribution in [0.3, 0.4) is 0 Å². The van der Waals surface area contributed by atoms with Gasteiger partial charge >= 0.3 is 6.18 Å². The molecule has 80 valence electrons. The van der Waals surface area contributed by atoms with E-state index in [0.717, 1.165) is 24.3 Å². The molecule has 0 saturated carbocycles. The first kappa shape index (κ1) is 11.8. The van der Waals surface area contributed by atoms with Gasteiger partial charge in [0.25, 0.3) is 0 Å². The molecule has 0 spiro atoms. The van der Waals surface area contributed by atoms with Crippen LogP contribution in [0.1, 0.15) is 16.7 Å². The van der Waals surface area contributed by atoms with E-state index in [0.29, 0.717) is 0 Å². The van der Waals surface area contributed by atoms with E-state index in [2.05, 4.69) is 0 Å². The maximum Gasteiger partial charge on any atom is 0.416 e. The van der Waals surface area contributed by atoms with Crippen molar-refractivity contribution in [3.05, 3.63) is 41.0 Å². The number of benzene rings is 1. The van der Waals surface area contributed by atoms with Crippen molar-refractivity contribution in [2.24, 2.45) is 0 Å². The van der Waals surface area contributed by atoms with Gasteiger partial charge < -0.3 is 0 Å². The zero-order chi connectivity index (χ0) is 12.2. The van der Waals surface area contributed by atoms with Gasteiger partial charge in [0.05, 0.1) is 23.3 Å². The molecule has 0 saturated heterocycles. The van der Waals surface area contributed by atoms with Gasteiger partial charge in [0, 0.05) is 6.08 Å². The minimum Gasteiger partial charge on any atom is -0.193 e. The zero-order valence-electron chi connectivity index (χ0n) is 7.92. The topological polar surface area (TPSA) is 47.6 Å². The van der Waals surface area contributed by atoms with Crippen molar-refractivity contribution in [1.29, 1.82) is 10.5 Å². The van der Waals surface area contributed by atoms with Gasteiger partial charge in [-0.05, 0) is 23.8 Å². The number of allylic oxidation sites excluding steroid dienone is 1. The smallest absolute Gasteiger partial charge is 0.193 e. The Kier molecular flexibility index (Phi) is 3.32. The normalized spacial score (nSPS) is 11.1. The van der Waals surface area contributed by atoms with Gasteiger partial charge in [-0.15, -0.1) is 0 Å². The highest BCUT2D eigenvalue weighted by atomic mass is 19.4. The van der Waals surface area contributed by atoms with Crippen molar-refractivity contribution in [1.82, 2.24) is 0 Å². The minimum atomic E-state index is -4.47. The third-order valence-electron chi connectivity index (χ3n) is 1.84. The SMILES string of the molecule is N#CC=Cc1ccc(C(F)(F)F)cc1C#N. The van der Waals surface area contributed by atoms with E-state index in [4.69, 9.17) is 10.5 Å². The van der Waals surface area contributed by atoms with E-state index in [1.807, 2.05) is 0 Å². The van der Waals surface area contributed by atoms with Crippen molar-refractivity contribution in [3.63, 3.8) is 0 Å². The van der Waals surface area contributed by atoms with Crippen molar-refractivity contribution in [3.8, 4) is 12.1 Å². The molecule has 0 radical (unpaired) electrons. The lowest BCUT2D eigenvalue weighted by atomic mass is 10.0. The number of rotatable bonds is 1. The van der Waals surface area contributed by atoms with Gasteiger partial charge in [0.2, 0.25) is 0 Å². The summed E-state index contributed by atoms with van der Waals surface area (Å²) in [5.74, 6) is 0. The number of nitrogens with zero attached hydrogens (tertiary/aromatic N) is 2. The molecule has 5 heteroatoms. The zero-order valence-corrected chi connectivity index (χ0v) is 7.92. The van der Waals surface area contributed by atoms with Gasteiger partial charge in [-0.1, -0.05) is 6.07 Å². The van der Waals surface area contributed by atoms with Crippen LogP contribution < -0.4 is 0 Å². The van der Waals surface area contributed by atoms with Gasteiger partial charge in [-0.3, -0.25) is 0 Å². The number of hydrogen-bond donors (Lipinski definition) is 0. The second kappa shape index (κ2) is 4.50. The molecule has 0 amide bonds. The molecule has 1 rings (SSSR count). The minimum absolute atomic E-state index is 0.110. The molecule has 2 nitrogen and oxygen atoms in total. The van der Waals surface area contributed by atoms with Gasteiger partial charge in [-0.25, -0.2) is 0 Å². The summed E-state index contributed by atoms with van der Waals surface area (Å²) in [5, 5.41) is 16.9. The van der Waals surface area contributed by atoms with E-state index in [1.54, 1.807) is 12.1 Å². The van der Waals surface area contributed by atoms with Gasteiger partial charge in [0.1, 0.15) is 0 Å². The van der Waals surface area contributed by atoms with Crippen molar-refractivity contribution >= 4 is 6.08 Å². The molecular formula is C11H5F3N2. The molecule has 0 aliphatic carbocycles. The molecule has 1 aromatic carbocycles. The van der Waals surface area contributed by atoms with Crippen molar-refractivity contribution in [2.75, 3.05) is 0 Å². The van der Waals surface area contributed by atoms with Crippen LogP contribution in [0.5, 0.6) is 0 Å². The fourth-order valence-corrected chi connectivity index (χ4v) is 1.10. The van der Waals surface area contributed by atoms with Crippen LogP contribution in [0.2, 0.25) is 0 Å². The van der Waals surface area contributed by atoms with Crippen LogP contribution in [-0.4, -0.2) is 0 Å². The Bertz CT molecular complexity index is 501. The van der Waals surface area contributed by atoms with E-state index >= 15 is 0 Å². The number of alkyl halides is 3. The number of halogens is 3. The molecule has 0 N–H and O–H groups in total. The Morgan fingerprint density at radius 3 is 2.38 bits per heavy atom. The second-order valence-corrected chi connectivity index (χ2v) is 2.87. The van der Waals surface area contributed by atoms with E-state index in [-0.39, 0.29) is 11.1 Å². The van der Waals surface area contributed by atoms with Crippen LogP contribution in [0.4, 0.5) is 13.2 Å². The second-order valence-electron chi connectivity index (χ2n) is 2.87. The standard InChI is InChI=1S/C11H5F3N2/c12-11(13,14)10-4-3-8(2-1-5-15)9(6-10)7-16/h1-4,6H. The fraction of sp³-hybridized carbons (Fsp3) is 0.0909. The summed E-state index contributed by atoms with van der Waals surface area (Å²) in [6, 6.07) is 6.15. The summed E-state index contributed by atoms with van der Waals surface area (Å²) < 4.78 is 36.9. The van der Waals surface area contributed by atoms with Gasteiger partial charge in [0.15, 0.2) is 0 Å². The van der Waals surface area contributed by atoms with Crippen LogP contribution in [0.15, 0.2) is 24.3 Å². The lowest BCUT2D eigenvalue weighted by Crippen LogP contribution is -2.05. The average Bonchev–Trinajstić information content (AvgIpc) is 2.24. The molecule has 0 heterocycles. The number of hydrogen-bond acceptors (Lipinski definition) is 2. The summed E-state index contributed by atoms with van der Waals surface area (Å²) in [6.45, 7) is 0. The molecule has 0 unspecified atom stereocenters. The predicted molar refractivity (Wildman–Crippen MR) is 50.8 cm³/mol. The fourth-order valence-electron chi connectivity index (χ4n) is 1.10. The van der Waals surface area contributed by atoms with Crippen LogP contribution in [0.25, 0.3) is 6.08 Å². The first-order valence-electron chi connectivity index (χ1n) is 4.16. The molecule has 0 aliphatic rings. The quantitative estimate of drug-likeness (QED) is 0.685. The highest BCUT2D eigenvalue weighted by molar-refractivity contribution is 5.60. The first-order chi connectivity index (χ1) is 7.49. The van der Waals surface area contributed by atoms with Gasteiger partial charge in [-0.2, -0.15) is 23.7 Å². The molecule has 0 aliphatic heterocycles. The van der Waals surface area contributed by atoms with E-state index in [9.17, 15) is 13.2 Å². The Morgan fingerprint density at radius 2 is 1.88 bits per heavy atom. The highest BCUT2D eigenvalue weighted by Gasteiger charge is 2.30. The van der Waals surface area contributed by atoms with E-state index < -0.39 is 11.7 Å². The Hall–Kier alpha value is -2.27. The molecular weight excluding hydrogens is 217 g/mol. The lowest BCUT2D eigenvalue weighted by Gasteiger charge is -2.07. The summed E-state index contributed by atoms with van der Waals surface area (Å²) in [5.41, 5.74) is -0.698. The summed E-state index contributed by atoms with van der Waals surface area (Å²) in [4.78, 5) is 0. The molecule has 0 bridgehead atoms. The third kappa shape index (κ3) is 2.61. The summed E-state index contributed by atoms with van der Waals surface area (Å²) in [7, 11) is 0. The largest absolute Gasteiger partial charge is 0.416 e. The maximum atomic E-state index is 12.3. The Balaban J connectivity index is 3.25. The first-order valence-corrected chi connectivity index (χ1v) is 4.16. The average molecular weight is 222 g/mol. The summed E-state index contributed by atoms with van der Waals surface area (Å²) >= 11 is 0. The molecule has 0 atom stereocenters. The van der Waals surface area contributed by atoms with E-state index in [1.165, 1.54) is 6.08 Å². The highest BCUT2D eigenvalue weighted by Crippen LogP contribution is 2.30. The molecule has 0 fully saturated rings. The van der Waals surface area contributed by atoms with Crippen LogP contribution in [0, 0.1) is 22.7 Å². The molecule has 16 heavy (non-hydrogen) atoms. The molecule has 0 aromatic heterocycles. The number of nitriles is 2. The van der Waals surface area contributed by atoms with Crippen LogP contribution in [-0.2, 0) is 6.18 Å². The Morgan fingerprint density at radius 1 is 1.19 bits per heavy atom. The molecule has 1 aromatic rings. The van der Waals surface area contributed by atoms with Crippen LogP contribution >= 0.6 is 0 Å². The Labute approximate surface area is 89.8 Å². The maximum absolute atomic E-state index is 12.3. The van der Waals surface area contributed by atoms with Crippen molar-refractivity contribution < 1.29 is 13.2 Å².